The first-order chi connectivity index (χ1) is 7.97. The van der Waals surface area contributed by atoms with E-state index in [1.807, 2.05) is 26.0 Å². The zero-order valence-electron chi connectivity index (χ0n) is 9.55. The van der Waals surface area contributed by atoms with Crippen LogP contribution in [-0.2, 0) is 6.42 Å². The Morgan fingerprint density at radius 1 is 1.41 bits per heavy atom. The first-order valence-corrected chi connectivity index (χ1v) is 7.12. The number of hydrogen-bond acceptors (Lipinski definition) is 3. The van der Waals surface area contributed by atoms with E-state index in [0.717, 1.165) is 32.7 Å². The van der Waals surface area contributed by atoms with Crippen molar-refractivity contribution < 1.29 is 0 Å². The number of benzene rings is 1. The number of nitrogens with zero attached hydrogens (tertiary/aromatic N) is 1. The van der Waals surface area contributed by atoms with Gasteiger partial charge in [-0.3, -0.25) is 0 Å². The highest BCUT2D eigenvalue weighted by atomic mass is 79.9. The van der Waals surface area contributed by atoms with Gasteiger partial charge in [0.05, 0.1) is 5.69 Å². The number of anilines is 1. The maximum atomic E-state index is 6.14. The lowest BCUT2D eigenvalue weighted by Gasteiger charge is -2.06. The van der Waals surface area contributed by atoms with E-state index in [-0.39, 0.29) is 0 Å². The highest BCUT2D eigenvalue weighted by molar-refractivity contribution is 9.10. The van der Waals surface area contributed by atoms with Gasteiger partial charge in [0.25, 0.3) is 0 Å². The van der Waals surface area contributed by atoms with Gasteiger partial charge in [-0.15, -0.1) is 11.3 Å². The Kier molecular flexibility index (Phi) is 3.76. The average molecular weight is 332 g/mol. The molecule has 0 unspecified atom stereocenters. The molecule has 5 heteroatoms. The number of thiazole rings is 1. The molecule has 0 aliphatic heterocycles. The zero-order valence-corrected chi connectivity index (χ0v) is 12.7. The summed E-state index contributed by atoms with van der Waals surface area (Å²) in [4.78, 5) is 5.41. The molecule has 1 aromatic heterocycles. The lowest BCUT2D eigenvalue weighted by Crippen LogP contribution is -1.91. The lowest BCUT2D eigenvalue weighted by molar-refractivity contribution is 1.14. The quantitative estimate of drug-likeness (QED) is 0.888. The second-order valence-corrected chi connectivity index (χ2v) is 6.31. The third-order valence-electron chi connectivity index (χ3n) is 2.59. The molecule has 0 spiro atoms. The van der Waals surface area contributed by atoms with E-state index in [2.05, 4.69) is 20.9 Å². The SMILES string of the molecule is Cc1cc(Br)c(Cc2sc(N)nc2C)cc1Cl. The Bertz CT molecular complexity index is 566. The first kappa shape index (κ1) is 12.9. The van der Waals surface area contributed by atoms with Gasteiger partial charge in [0.15, 0.2) is 5.13 Å². The summed E-state index contributed by atoms with van der Waals surface area (Å²) >= 11 is 11.2. The summed E-state index contributed by atoms with van der Waals surface area (Å²) in [6, 6.07) is 4.04. The summed E-state index contributed by atoms with van der Waals surface area (Å²) in [5, 5.41) is 1.41. The first-order valence-electron chi connectivity index (χ1n) is 5.13. The molecule has 2 rings (SSSR count). The van der Waals surface area contributed by atoms with Gasteiger partial charge in [-0.2, -0.15) is 0 Å². The van der Waals surface area contributed by atoms with Crippen LogP contribution < -0.4 is 5.73 Å². The highest BCUT2D eigenvalue weighted by Gasteiger charge is 2.10. The van der Waals surface area contributed by atoms with Crippen molar-refractivity contribution in [2.45, 2.75) is 20.3 Å². The van der Waals surface area contributed by atoms with Gasteiger partial charge in [0, 0.05) is 20.8 Å². The fourth-order valence-corrected chi connectivity index (χ4v) is 3.25. The van der Waals surface area contributed by atoms with Crippen molar-refractivity contribution in [1.82, 2.24) is 4.98 Å². The van der Waals surface area contributed by atoms with Crippen LogP contribution in [0.4, 0.5) is 5.13 Å². The van der Waals surface area contributed by atoms with Gasteiger partial charge < -0.3 is 5.73 Å². The highest BCUT2D eigenvalue weighted by Crippen LogP contribution is 2.30. The van der Waals surface area contributed by atoms with E-state index in [1.54, 1.807) is 0 Å². The standard InChI is InChI=1S/C12H12BrClN2S/c1-6-3-9(13)8(4-10(6)14)5-11-7(2)16-12(15)17-11/h3-4H,5H2,1-2H3,(H2,15,16). The number of aryl methyl sites for hydroxylation is 2. The lowest BCUT2D eigenvalue weighted by atomic mass is 10.1. The molecule has 1 aromatic carbocycles. The Balaban J connectivity index is 2.36. The number of nitrogen functional groups attached to an aromatic ring is 1. The summed E-state index contributed by atoms with van der Waals surface area (Å²) < 4.78 is 1.07. The predicted octanol–water partition coefficient (Wildman–Crippen LogP) is 4.35. The van der Waals surface area contributed by atoms with Gasteiger partial charge in [-0.05, 0) is 37.1 Å². The molecule has 0 bridgehead atoms. The Hall–Kier alpha value is -0.580. The predicted molar refractivity (Wildman–Crippen MR) is 78.0 cm³/mol. The van der Waals surface area contributed by atoms with Gasteiger partial charge >= 0.3 is 0 Å². The summed E-state index contributed by atoms with van der Waals surface area (Å²) in [6.07, 6.45) is 0.807. The molecule has 2 nitrogen and oxygen atoms in total. The maximum Gasteiger partial charge on any atom is 0.180 e. The second kappa shape index (κ2) is 4.96. The monoisotopic (exact) mass is 330 g/mol. The smallest absolute Gasteiger partial charge is 0.180 e. The van der Waals surface area contributed by atoms with E-state index in [1.165, 1.54) is 16.2 Å². The van der Waals surface area contributed by atoms with Gasteiger partial charge in [-0.1, -0.05) is 27.5 Å². The second-order valence-electron chi connectivity index (χ2n) is 3.93. The molecular formula is C12H12BrClN2S. The Morgan fingerprint density at radius 2 is 2.12 bits per heavy atom. The molecule has 0 radical (unpaired) electrons. The van der Waals surface area contributed by atoms with Crippen molar-refractivity contribution in [3.63, 3.8) is 0 Å². The fourth-order valence-electron chi connectivity index (χ4n) is 1.61. The molecule has 0 fully saturated rings. The molecular weight excluding hydrogens is 320 g/mol. The zero-order chi connectivity index (χ0) is 12.6. The summed E-state index contributed by atoms with van der Waals surface area (Å²) in [5.74, 6) is 0. The van der Waals surface area contributed by atoms with Crippen LogP contribution in [0, 0.1) is 13.8 Å². The van der Waals surface area contributed by atoms with Crippen LogP contribution >= 0.6 is 38.9 Å². The maximum absolute atomic E-state index is 6.14. The van der Waals surface area contributed by atoms with Crippen LogP contribution in [0.2, 0.25) is 5.02 Å². The van der Waals surface area contributed by atoms with Crippen molar-refractivity contribution in [1.29, 1.82) is 0 Å². The van der Waals surface area contributed by atoms with Crippen molar-refractivity contribution >= 4 is 44.0 Å². The molecule has 1 heterocycles. The third-order valence-corrected chi connectivity index (χ3v) is 4.72. The Morgan fingerprint density at radius 3 is 2.71 bits per heavy atom. The van der Waals surface area contributed by atoms with Gasteiger partial charge in [0.1, 0.15) is 0 Å². The number of halogens is 2. The largest absolute Gasteiger partial charge is 0.375 e. The van der Waals surface area contributed by atoms with Crippen LogP contribution in [0.5, 0.6) is 0 Å². The average Bonchev–Trinajstić information content (AvgIpc) is 2.54. The summed E-state index contributed by atoms with van der Waals surface area (Å²) in [5.41, 5.74) is 8.92. The molecule has 2 aromatic rings. The normalized spacial score (nSPS) is 10.8. The molecule has 0 saturated carbocycles. The van der Waals surface area contributed by atoms with Crippen molar-refractivity contribution in [2.24, 2.45) is 0 Å². The third kappa shape index (κ3) is 2.81. The molecule has 90 valence electrons. The van der Waals surface area contributed by atoms with Crippen molar-refractivity contribution in [3.05, 3.63) is 43.3 Å². The fraction of sp³-hybridized carbons (Fsp3) is 0.250. The number of aromatic nitrogens is 1. The molecule has 0 atom stereocenters. The van der Waals surface area contributed by atoms with E-state index in [9.17, 15) is 0 Å². The van der Waals surface area contributed by atoms with Crippen LogP contribution in [0.25, 0.3) is 0 Å². The van der Waals surface area contributed by atoms with Crippen LogP contribution in [-0.4, -0.2) is 4.98 Å². The molecule has 2 N–H and O–H groups in total. The van der Waals surface area contributed by atoms with Crippen LogP contribution in [0.1, 0.15) is 21.7 Å². The minimum atomic E-state index is 0.617. The number of hydrogen-bond donors (Lipinski definition) is 1. The molecule has 0 saturated heterocycles. The summed E-state index contributed by atoms with van der Waals surface area (Å²) in [7, 11) is 0. The van der Waals surface area contributed by atoms with Gasteiger partial charge in [0.2, 0.25) is 0 Å². The number of rotatable bonds is 2. The van der Waals surface area contributed by atoms with Crippen LogP contribution in [0.3, 0.4) is 0 Å². The minimum Gasteiger partial charge on any atom is -0.375 e. The molecule has 0 aliphatic carbocycles. The molecule has 0 aliphatic rings. The molecule has 17 heavy (non-hydrogen) atoms. The van der Waals surface area contributed by atoms with E-state index >= 15 is 0 Å². The van der Waals surface area contributed by atoms with E-state index in [4.69, 9.17) is 17.3 Å². The topological polar surface area (TPSA) is 38.9 Å². The molecule has 0 amide bonds. The van der Waals surface area contributed by atoms with Crippen molar-refractivity contribution in [3.8, 4) is 0 Å². The summed E-state index contributed by atoms with van der Waals surface area (Å²) in [6.45, 7) is 3.97. The minimum absolute atomic E-state index is 0.617. The van der Waals surface area contributed by atoms with Gasteiger partial charge in [-0.25, -0.2) is 4.98 Å². The number of nitrogens with two attached hydrogens (primary N) is 1. The Labute approximate surface area is 118 Å². The van der Waals surface area contributed by atoms with Crippen LogP contribution in [0.15, 0.2) is 16.6 Å². The van der Waals surface area contributed by atoms with Crippen molar-refractivity contribution in [2.75, 3.05) is 5.73 Å². The van der Waals surface area contributed by atoms with E-state index < -0.39 is 0 Å². The van der Waals surface area contributed by atoms with E-state index in [0.29, 0.717) is 5.13 Å².